The van der Waals surface area contributed by atoms with Gasteiger partial charge < -0.3 is 9.84 Å². The quantitative estimate of drug-likeness (QED) is 0.833. The zero-order valence-electron chi connectivity index (χ0n) is 16.5. The van der Waals surface area contributed by atoms with Gasteiger partial charge in [-0.05, 0) is 71.6 Å². The van der Waals surface area contributed by atoms with Gasteiger partial charge in [-0.2, -0.15) is 4.31 Å². The molecule has 0 radical (unpaired) electrons. The lowest BCUT2D eigenvalue weighted by Gasteiger charge is -2.35. The van der Waals surface area contributed by atoms with Crippen molar-refractivity contribution >= 4 is 22.1 Å². The fourth-order valence-corrected chi connectivity index (χ4v) is 4.51. The fourth-order valence-electron chi connectivity index (χ4n) is 2.86. The number of carbonyl (C=O) groups is 2. The van der Waals surface area contributed by atoms with Gasteiger partial charge in [0.1, 0.15) is 5.60 Å². The van der Waals surface area contributed by atoms with Crippen LogP contribution in [0.5, 0.6) is 0 Å². The average molecular weight is 397 g/mol. The van der Waals surface area contributed by atoms with Gasteiger partial charge in [-0.25, -0.2) is 13.2 Å². The van der Waals surface area contributed by atoms with Crippen LogP contribution in [-0.2, 0) is 19.6 Å². The van der Waals surface area contributed by atoms with Crippen molar-refractivity contribution in [3.8, 4) is 0 Å². The van der Waals surface area contributed by atoms with Crippen LogP contribution in [0.15, 0.2) is 29.2 Å². The predicted molar refractivity (Wildman–Crippen MR) is 99.9 cm³/mol. The summed E-state index contributed by atoms with van der Waals surface area (Å²) in [4.78, 5) is 23.6. The molecule has 1 N–H and O–H groups in total. The molecule has 0 bridgehead atoms. The highest BCUT2D eigenvalue weighted by molar-refractivity contribution is 7.89. The summed E-state index contributed by atoms with van der Waals surface area (Å²) in [5, 5.41) is 9.03. The summed E-state index contributed by atoms with van der Waals surface area (Å²) in [6.07, 6.45) is -0.389. The van der Waals surface area contributed by atoms with Crippen LogP contribution in [0.2, 0.25) is 0 Å². The molecule has 0 saturated heterocycles. The standard InChI is InChI=1S/C19H27NO6S/c1-18(2,3)20(17(23)26-19(4,5)6)27(24,25)13-9-7-12(8-10-13)14-11-15(14)16(21)22/h7-10,14-15H,11H2,1-6H3,(H,21,22)/t14-,15+/m1/s1. The van der Waals surface area contributed by atoms with Gasteiger partial charge in [0.2, 0.25) is 0 Å². The second kappa shape index (κ2) is 6.82. The van der Waals surface area contributed by atoms with Crippen LogP contribution in [0, 0.1) is 5.92 Å². The Kier molecular flexibility index (Phi) is 5.35. The van der Waals surface area contributed by atoms with Gasteiger partial charge in [0.15, 0.2) is 0 Å². The number of amides is 1. The Morgan fingerprint density at radius 3 is 1.96 bits per heavy atom. The largest absolute Gasteiger partial charge is 0.481 e. The minimum Gasteiger partial charge on any atom is -0.481 e. The molecule has 1 saturated carbocycles. The number of ether oxygens (including phenoxy) is 1. The van der Waals surface area contributed by atoms with Crippen LogP contribution < -0.4 is 0 Å². The maximum absolute atomic E-state index is 13.1. The van der Waals surface area contributed by atoms with E-state index in [9.17, 15) is 18.0 Å². The second-order valence-corrected chi connectivity index (χ2v) is 10.6. The van der Waals surface area contributed by atoms with E-state index in [4.69, 9.17) is 9.84 Å². The van der Waals surface area contributed by atoms with E-state index in [1.54, 1.807) is 53.7 Å². The Labute approximate surface area is 160 Å². The van der Waals surface area contributed by atoms with Crippen molar-refractivity contribution in [3.63, 3.8) is 0 Å². The van der Waals surface area contributed by atoms with E-state index in [0.717, 1.165) is 9.87 Å². The van der Waals surface area contributed by atoms with Gasteiger partial charge in [0.25, 0.3) is 10.0 Å². The molecule has 2 atom stereocenters. The first-order chi connectivity index (χ1) is 12.1. The number of carboxylic acid groups (broad SMARTS) is 1. The molecule has 0 aromatic heterocycles. The van der Waals surface area contributed by atoms with Crippen LogP contribution >= 0.6 is 0 Å². The Balaban J connectivity index is 2.33. The number of aliphatic carboxylic acids is 1. The lowest BCUT2D eigenvalue weighted by molar-refractivity contribution is -0.138. The maximum atomic E-state index is 13.1. The van der Waals surface area contributed by atoms with Crippen LogP contribution in [0.3, 0.4) is 0 Å². The van der Waals surface area contributed by atoms with Crippen molar-refractivity contribution in [1.82, 2.24) is 4.31 Å². The summed E-state index contributed by atoms with van der Waals surface area (Å²) in [6, 6.07) is 6.03. The lowest BCUT2D eigenvalue weighted by Crippen LogP contribution is -2.51. The van der Waals surface area contributed by atoms with Gasteiger partial charge in [-0.15, -0.1) is 0 Å². The van der Waals surface area contributed by atoms with E-state index < -0.39 is 39.1 Å². The van der Waals surface area contributed by atoms with E-state index >= 15 is 0 Å². The minimum absolute atomic E-state index is 0.0421. The summed E-state index contributed by atoms with van der Waals surface area (Å²) in [5.74, 6) is -1.36. The van der Waals surface area contributed by atoms with Gasteiger partial charge in [-0.1, -0.05) is 12.1 Å². The highest BCUT2D eigenvalue weighted by Crippen LogP contribution is 2.47. The van der Waals surface area contributed by atoms with Crippen molar-refractivity contribution in [2.45, 2.75) is 69.9 Å². The summed E-state index contributed by atoms with van der Waals surface area (Å²) in [5.41, 5.74) is -1.08. The van der Waals surface area contributed by atoms with E-state index in [1.165, 1.54) is 12.1 Å². The number of nitrogens with zero attached hydrogens (tertiary/aromatic N) is 1. The molecule has 1 aliphatic rings. The fraction of sp³-hybridized carbons (Fsp3) is 0.579. The van der Waals surface area contributed by atoms with Crippen LogP contribution in [-0.4, -0.2) is 41.0 Å². The lowest BCUT2D eigenvalue weighted by atomic mass is 10.1. The molecule has 2 rings (SSSR count). The number of hydrogen-bond donors (Lipinski definition) is 1. The first-order valence-corrected chi connectivity index (χ1v) is 10.2. The van der Waals surface area contributed by atoms with Gasteiger partial charge in [0, 0.05) is 0 Å². The molecule has 1 amide bonds. The smallest absolute Gasteiger partial charge is 0.424 e. The van der Waals surface area contributed by atoms with E-state index in [1.807, 2.05) is 0 Å². The maximum Gasteiger partial charge on any atom is 0.424 e. The molecule has 1 aromatic rings. The number of sulfonamides is 1. The Hall–Kier alpha value is -2.09. The first kappa shape index (κ1) is 21.2. The van der Waals surface area contributed by atoms with Crippen LogP contribution in [0.25, 0.3) is 0 Å². The number of hydrogen-bond acceptors (Lipinski definition) is 5. The number of rotatable bonds is 4. The zero-order chi connectivity index (χ0) is 20.8. The van der Waals surface area contributed by atoms with Crippen molar-refractivity contribution in [3.05, 3.63) is 29.8 Å². The summed E-state index contributed by atoms with van der Waals surface area (Å²) in [7, 11) is -4.14. The highest BCUT2D eigenvalue weighted by atomic mass is 32.2. The summed E-state index contributed by atoms with van der Waals surface area (Å²) < 4.78 is 32.2. The molecule has 150 valence electrons. The molecular formula is C19H27NO6S. The van der Waals surface area contributed by atoms with Gasteiger partial charge in [-0.3, -0.25) is 4.79 Å². The molecule has 27 heavy (non-hydrogen) atoms. The van der Waals surface area contributed by atoms with Crippen LogP contribution in [0.4, 0.5) is 4.79 Å². The normalized spacial score (nSPS) is 20.1. The van der Waals surface area contributed by atoms with Crippen molar-refractivity contribution < 1.29 is 27.9 Å². The van der Waals surface area contributed by atoms with Crippen molar-refractivity contribution in [2.75, 3.05) is 0 Å². The molecule has 8 heteroatoms. The number of carboxylic acids is 1. The molecule has 0 unspecified atom stereocenters. The highest BCUT2D eigenvalue weighted by Gasteiger charge is 2.45. The Bertz CT molecular complexity index is 830. The van der Waals surface area contributed by atoms with E-state index in [2.05, 4.69) is 0 Å². The monoisotopic (exact) mass is 397 g/mol. The topological polar surface area (TPSA) is 101 Å². The van der Waals surface area contributed by atoms with E-state index in [-0.39, 0.29) is 10.8 Å². The third-order valence-electron chi connectivity index (χ3n) is 4.12. The molecule has 1 aromatic carbocycles. The Morgan fingerprint density at radius 2 is 1.59 bits per heavy atom. The van der Waals surface area contributed by atoms with Gasteiger partial charge in [0.05, 0.1) is 16.4 Å². The molecule has 7 nitrogen and oxygen atoms in total. The summed E-state index contributed by atoms with van der Waals surface area (Å²) >= 11 is 0. The van der Waals surface area contributed by atoms with Crippen LogP contribution in [0.1, 0.15) is 59.4 Å². The minimum atomic E-state index is -4.14. The number of benzene rings is 1. The molecular weight excluding hydrogens is 370 g/mol. The van der Waals surface area contributed by atoms with Crippen molar-refractivity contribution in [1.29, 1.82) is 0 Å². The Morgan fingerprint density at radius 1 is 1.07 bits per heavy atom. The molecule has 1 aliphatic carbocycles. The SMILES string of the molecule is CC(C)(C)OC(=O)N(C(C)(C)C)S(=O)(=O)c1ccc([C@H]2C[C@@H]2C(=O)O)cc1. The number of carbonyl (C=O) groups excluding carboxylic acids is 1. The molecule has 0 aliphatic heterocycles. The second-order valence-electron chi connectivity index (χ2n) is 8.78. The molecule has 1 fully saturated rings. The van der Waals surface area contributed by atoms with Gasteiger partial charge >= 0.3 is 12.1 Å². The molecule has 0 spiro atoms. The van der Waals surface area contributed by atoms with Crippen molar-refractivity contribution in [2.24, 2.45) is 5.92 Å². The first-order valence-electron chi connectivity index (χ1n) is 8.76. The third kappa shape index (κ3) is 4.80. The third-order valence-corrected chi connectivity index (χ3v) is 6.17. The predicted octanol–water partition coefficient (Wildman–Crippen LogP) is 3.60. The summed E-state index contributed by atoms with van der Waals surface area (Å²) in [6.45, 7) is 9.85. The average Bonchev–Trinajstić information content (AvgIpc) is 3.23. The molecule has 0 heterocycles. The zero-order valence-corrected chi connectivity index (χ0v) is 17.3. The van der Waals surface area contributed by atoms with E-state index in [0.29, 0.717) is 6.42 Å².